The summed E-state index contributed by atoms with van der Waals surface area (Å²) in [5.74, 6) is -0.0791. The Morgan fingerprint density at radius 2 is 2.02 bits per heavy atom. The van der Waals surface area contributed by atoms with Gasteiger partial charge in [-0.3, -0.25) is 10.2 Å². The van der Waals surface area contributed by atoms with Crippen LogP contribution in [0, 0.1) is 30.0 Å². The second-order valence-corrected chi connectivity index (χ2v) is 10.3. The summed E-state index contributed by atoms with van der Waals surface area (Å²) in [6.07, 6.45) is 1.88. The number of aryl methyl sites for hydroxylation is 1. The number of fused-ring (bicyclic) bond motifs is 2. The third kappa shape index (κ3) is 4.98. The van der Waals surface area contributed by atoms with Crippen LogP contribution in [0.5, 0.6) is 11.5 Å². The molecule has 6 rings (SSSR count). The summed E-state index contributed by atoms with van der Waals surface area (Å²) in [6.45, 7) is 2.43. The largest absolute Gasteiger partial charge is 0.454 e. The number of pyridine rings is 1. The number of halogens is 1. The van der Waals surface area contributed by atoms with Crippen LogP contribution in [0.25, 0.3) is 5.76 Å². The number of nitriles is 1. The van der Waals surface area contributed by atoms with E-state index in [0.29, 0.717) is 51.3 Å². The molecule has 0 aliphatic carbocycles. The van der Waals surface area contributed by atoms with E-state index in [9.17, 15) is 19.2 Å². The van der Waals surface area contributed by atoms with Gasteiger partial charge in [0.15, 0.2) is 11.5 Å². The van der Waals surface area contributed by atoms with Crippen molar-refractivity contribution in [3.8, 4) is 17.6 Å². The molecule has 0 saturated carbocycles. The summed E-state index contributed by atoms with van der Waals surface area (Å²) < 4.78 is 29.7. The van der Waals surface area contributed by atoms with Crippen LogP contribution in [-0.2, 0) is 9.53 Å². The van der Waals surface area contributed by atoms with Crippen LogP contribution in [0.3, 0.4) is 0 Å². The fourth-order valence-corrected chi connectivity index (χ4v) is 5.68. The van der Waals surface area contributed by atoms with E-state index in [1.54, 1.807) is 31.2 Å². The SMILES string of the molecule is Cc1cc2c(c(SCC(=O)Nc3cc4c(cc3C#N)OCO4)n1)C(=O)O/C2=C/C1CNNC1c1ccc(F)cc1. The standard InChI is InChI=1S/C28H22FN5O5S/c1-14-6-19-21(8-17-11-31-34-26(17)15-2-4-18(29)5-3-15)39-28(36)25(19)27(32-14)40-12-24(35)33-20-9-23-22(37-13-38-23)7-16(20)10-30/h2-9,17,26,31,34H,11-13H2,1H3,(H,33,35)/b21-8+. The molecule has 3 aliphatic rings. The molecular weight excluding hydrogens is 537 g/mol. The number of carbonyl (C=O) groups is 2. The number of esters is 1. The Labute approximate surface area is 232 Å². The Morgan fingerprint density at radius 1 is 1.25 bits per heavy atom. The third-order valence-electron chi connectivity index (χ3n) is 6.65. The van der Waals surface area contributed by atoms with Crippen molar-refractivity contribution in [3.05, 3.63) is 82.3 Å². The first-order valence-corrected chi connectivity index (χ1v) is 13.3. The van der Waals surface area contributed by atoms with E-state index < -0.39 is 5.97 Å². The predicted octanol–water partition coefficient (Wildman–Crippen LogP) is 3.84. The first-order chi connectivity index (χ1) is 19.4. The molecule has 10 nitrogen and oxygen atoms in total. The van der Waals surface area contributed by atoms with E-state index in [2.05, 4.69) is 21.2 Å². The minimum atomic E-state index is -0.545. The van der Waals surface area contributed by atoms with E-state index >= 15 is 0 Å². The Hall–Kier alpha value is -4.44. The molecule has 3 aliphatic heterocycles. The lowest BCUT2D eigenvalue weighted by atomic mass is 9.93. The lowest BCUT2D eigenvalue weighted by Gasteiger charge is -2.16. The lowest BCUT2D eigenvalue weighted by Crippen LogP contribution is -2.24. The van der Waals surface area contributed by atoms with Gasteiger partial charge in [0.25, 0.3) is 0 Å². The highest BCUT2D eigenvalue weighted by Crippen LogP contribution is 2.39. The van der Waals surface area contributed by atoms with Gasteiger partial charge >= 0.3 is 5.97 Å². The van der Waals surface area contributed by atoms with Crippen molar-refractivity contribution in [1.29, 1.82) is 5.26 Å². The summed E-state index contributed by atoms with van der Waals surface area (Å²) in [5.41, 5.74) is 9.32. The Kier molecular flexibility index (Phi) is 6.85. The Morgan fingerprint density at radius 3 is 2.80 bits per heavy atom. The lowest BCUT2D eigenvalue weighted by molar-refractivity contribution is -0.113. The number of amides is 1. The summed E-state index contributed by atoms with van der Waals surface area (Å²) >= 11 is 1.10. The van der Waals surface area contributed by atoms with Crippen molar-refractivity contribution in [3.63, 3.8) is 0 Å². The van der Waals surface area contributed by atoms with E-state index in [0.717, 1.165) is 17.3 Å². The number of thioether (sulfide) groups is 1. The van der Waals surface area contributed by atoms with Gasteiger partial charge in [-0.15, -0.1) is 0 Å². The number of ether oxygens (including phenoxy) is 3. The summed E-state index contributed by atoms with van der Waals surface area (Å²) in [6, 6.07) is 13.0. The molecule has 1 saturated heterocycles. The third-order valence-corrected chi connectivity index (χ3v) is 7.63. The predicted molar refractivity (Wildman–Crippen MR) is 143 cm³/mol. The van der Waals surface area contributed by atoms with Gasteiger partial charge in [0.1, 0.15) is 28.2 Å². The summed E-state index contributed by atoms with van der Waals surface area (Å²) in [7, 11) is 0. The highest BCUT2D eigenvalue weighted by molar-refractivity contribution is 8.00. The number of hydrogen-bond donors (Lipinski definition) is 3. The number of carbonyl (C=O) groups excluding carboxylic acids is 2. The minimum absolute atomic E-state index is 0.0464. The number of cyclic esters (lactones) is 1. The maximum Gasteiger partial charge on any atom is 0.347 e. The highest BCUT2D eigenvalue weighted by Gasteiger charge is 2.34. The second-order valence-electron chi connectivity index (χ2n) is 9.33. The topological polar surface area (TPSA) is 135 Å². The van der Waals surface area contributed by atoms with E-state index in [-0.39, 0.29) is 41.8 Å². The van der Waals surface area contributed by atoms with E-state index in [1.807, 2.05) is 12.1 Å². The van der Waals surface area contributed by atoms with Gasteiger partial charge in [-0.25, -0.2) is 19.6 Å². The van der Waals surface area contributed by atoms with Gasteiger partial charge in [0.05, 0.1) is 23.0 Å². The van der Waals surface area contributed by atoms with Gasteiger partial charge in [-0.1, -0.05) is 23.9 Å². The monoisotopic (exact) mass is 559 g/mol. The summed E-state index contributed by atoms with van der Waals surface area (Å²) in [5, 5.41) is 12.6. The zero-order valence-corrected chi connectivity index (χ0v) is 21.9. The average molecular weight is 560 g/mol. The molecule has 2 unspecified atom stereocenters. The number of nitrogens with one attached hydrogen (secondary N) is 3. The fraction of sp³-hybridized carbons (Fsp3) is 0.214. The van der Waals surface area contributed by atoms with Crippen LogP contribution in [0.1, 0.15) is 38.8 Å². The molecule has 3 N–H and O–H groups in total. The molecule has 12 heteroatoms. The van der Waals surface area contributed by atoms with Crippen LogP contribution in [0.4, 0.5) is 10.1 Å². The van der Waals surface area contributed by atoms with E-state index in [4.69, 9.17) is 14.2 Å². The molecule has 0 bridgehead atoms. The molecule has 2 atom stereocenters. The quantitative estimate of drug-likeness (QED) is 0.302. The molecule has 40 heavy (non-hydrogen) atoms. The summed E-state index contributed by atoms with van der Waals surface area (Å²) in [4.78, 5) is 30.2. The van der Waals surface area contributed by atoms with Crippen molar-refractivity contribution in [2.24, 2.45) is 5.92 Å². The van der Waals surface area contributed by atoms with Crippen LogP contribution in [-0.4, -0.2) is 36.0 Å². The molecule has 3 aromatic rings. The zero-order chi connectivity index (χ0) is 27.8. The first kappa shape index (κ1) is 25.8. The molecule has 1 aromatic heterocycles. The Balaban J connectivity index is 1.21. The molecule has 202 valence electrons. The molecule has 0 spiro atoms. The average Bonchev–Trinajstić information content (AvgIpc) is 3.66. The normalized spacial score (nSPS) is 19.8. The van der Waals surface area contributed by atoms with Crippen molar-refractivity contribution >= 4 is 35.1 Å². The number of rotatable bonds is 6. The number of anilines is 1. The molecule has 1 amide bonds. The smallest absolute Gasteiger partial charge is 0.347 e. The number of benzene rings is 2. The van der Waals surface area contributed by atoms with Crippen LogP contribution >= 0.6 is 11.8 Å². The van der Waals surface area contributed by atoms with Crippen molar-refractivity contribution in [2.75, 3.05) is 24.4 Å². The molecular formula is C28H22FN5O5S. The minimum Gasteiger partial charge on any atom is -0.454 e. The van der Waals surface area contributed by atoms with Gasteiger partial charge in [0, 0.05) is 35.9 Å². The van der Waals surface area contributed by atoms with Crippen LogP contribution < -0.4 is 25.6 Å². The van der Waals surface area contributed by atoms with Crippen molar-refractivity contribution < 1.29 is 28.2 Å². The Bertz CT molecular complexity index is 1600. The maximum atomic E-state index is 13.4. The molecule has 2 aromatic carbocycles. The van der Waals surface area contributed by atoms with Gasteiger partial charge in [-0.2, -0.15) is 5.26 Å². The first-order valence-electron chi connectivity index (χ1n) is 12.4. The number of hydrogen-bond acceptors (Lipinski definition) is 10. The van der Waals surface area contributed by atoms with E-state index in [1.165, 1.54) is 18.2 Å². The van der Waals surface area contributed by atoms with Gasteiger partial charge in [-0.05, 0) is 36.8 Å². The second kappa shape index (κ2) is 10.6. The fourth-order valence-electron chi connectivity index (χ4n) is 4.79. The number of nitrogens with zero attached hydrogens (tertiary/aromatic N) is 2. The van der Waals surface area contributed by atoms with Crippen LogP contribution in [0.15, 0.2) is 53.6 Å². The van der Waals surface area contributed by atoms with Crippen LogP contribution in [0.2, 0.25) is 0 Å². The maximum absolute atomic E-state index is 13.4. The van der Waals surface area contributed by atoms with Gasteiger partial charge in [0.2, 0.25) is 12.7 Å². The highest BCUT2D eigenvalue weighted by atomic mass is 32.2. The van der Waals surface area contributed by atoms with Crippen molar-refractivity contribution in [2.45, 2.75) is 18.0 Å². The number of hydrazine groups is 1. The molecule has 0 radical (unpaired) electrons. The molecule has 1 fully saturated rings. The number of aromatic nitrogens is 1. The zero-order valence-electron chi connectivity index (χ0n) is 21.1. The molecule has 4 heterocycles. The van der Waals surface area contributed by atoms with Gasteiger partial charge < -0.3 is 19.5 Å². The van der Waals surface area contributed by atoms with Crippen molar-refractivity contribution in [1.82, 2.24) is 15.8 Å².